The van der Waals surface area contributed by atoms with Crippen molar-refractivity contribution < 1.29 is 77.3 Å². The number of esters is 4. The molecule has 0 radical (unpaired) electrons. The van der Waals surface area contributed by atoms with Crippen LogP contribution in [0.25, 0.3) is 10.2 Å². The molecule has 1 N–H and O–H groups in total. The molecular weight excluding hydrogens is 1340 g/mol. The number of thiazole rings is 1. The fourth-order valence-corrected chi connectivity index (χ4v) is 14.0. The maximum absolute atomic E-state index is 13.4. The number of hydrazone groups is 1. The zero-order valence-electron chi connectivity index (χ0n) is 60.0. The molecule has 19 nitrogen and oxygen atoms in total. The molecule has 9 rings (SSSR count). The van der Waals surface area contributed by atoms with Crippen LogP contribution in [0.15, 0.2) is 182 Å². The molecule has 0 spiro atoms. The number of anilines is 1. The predicted octanol–water partition coefficient (Wildman–Crippen LogP) is 19.0. The van der Waals surface area contributed by atoms with Crippen LogP contribution in [0.5, 0.6) is 28.7 Å². The molecule has 2 aliphatic rings. The predicted molar refractivity (Wildman–Crippen MR) is 403 cm³/mol. The van der Waals surface area contributed by atoms with Crippen LogP contribution < -0.4 is 29.0 Å². The van der Waals surface area contributed by atoms with E-state index in [1.54, 1.807) is 29.7 Å². The van der Waals surface area contributed by atoms with Gasteiger partial charge in [0, 0.05) is 24.3 Å². The summed E-state index contributed by atoms with van der Waals surface area (Å²) in [6.45, 7) is 10.5. The van der Waals surface area contributed by atoms with Crippen molar-refractivity contribution in [2.75, 3.05) is 57.8 Å². The van der Waals surface area contributed by atoms with Crippen LogP contribution in [-0.4, -0.2) is 93.1 Å². The van der Waals surface area contributed by atoms with E-state index in [2.05, 4.69) is 19.2 Å². The minimum Gasteiger partial charge on any atom is -0.494 e. The van der Waals surface area contributed by atoms with Crippen LogP contribution in [0, 0.1) is 23.7 Å². The molecule has 0 aliphatic heterocycles. The van der Waals surface area contributed by atoms with E-state index in [1.807, 2.05) is 138 Å². The van der Waals surface area contributed by atoms with Crippen molar-refractivity contribution in [3.05, 3.63) is 199 Å². The molecule has 556 valence electrons. The van der Waals surface area contributed by atoms with Crippen molar-refractivity contribution >= 4 is 56.8 Å². The summed E-state index contributed by atoms with van der Waals surface area (Å²) in [4.78, 5) is 83.4. The lowest BCUT2D eigenvalue weighted by Gasteiger charge is -2.32. The van der Waals surface area contributed by atoms with Crippen molar-refractivity contribution in [1.29, 1.82) is 0 Å². The van der Waals surface area contributed by atoms with Gasteiger partial charge in [0.2, 0.25) is 5.13 Å². The SMILES string of the molecule is C=CC(=O)OCCCCCCOc1ccc(OOCC2CCC(C(OO)c3ccc(OOCC4CCC(C(=O)Oc5ccc(OCCCCCCOC(=O)C=C)cc5)CC4)c(/C=N/N(CCCCCCCCCCOC(=O)C(c4ccccc4)c4ccccc4)c4nc5ccccc5s4)c3)CC2)cc1. The second-order valence-corrected chi connectivity index (χ2v) is 27.8. The van der Waals surface area contributed by atoms with Gasteiger partial charge in [-0.1, -0.05) is 142 Å². The van der Waals surface area contributed by atoms with Crippen LogP contribution in [0.2, 0.25) is 0 Å². The lowest BCUT2D eigenvalue weighted by molar-refractivity contribution is -0.296. The van der Waals surface area contributed by atoms with E-state index in [0.29, 0.717) is 94.2 Å². The van der Waals surface area contributed by atoms with Gasteiger partial charge in [-0.15, -0.1) is 0 Å². The summed E-state index contributed by atoms with van der Waals surface area (Å²) < 4.78 is 34.6. The summed E-state index contributed by atoms with van der Waals surface area (Å²) in [6.07, 6.45) is 24.8. The largest absolute Gasteiger partial charge is 0.494 e. The molecule has 2 fully saturated rings. The third-order valence-corrected chi connectivity index (χ3v) is 20.1. The quantitative estimate of drug-likeness (QED) is 0.00548. The average Bonchev–Trinajstić information content (AvgIpc) is 1.67. The van der Waals surface area contributed by atoms with Crippen LogP contribution in [0.3, 0.4) is 0 Å². The summed E-state index contributed by atoms with van der Waals surface area (Å²) in [5.74, 6) is 1.40. The third kappa shape index (κ3) is 27.3. The molecule has 2 aliphatic carbocycles. The van der Waals surface area contributed by atoms with Gasteiger partial charge in [-0.25, -0.2) is 24.5 Å². The first kappa shape index (κ1) is 79.2. The lowest BCUT2D eigenvalue weighted by Crippen LogP contribution is -2.27. The highest BCUT2D eigenvalue weighted by Gasteiger charge is 2.32. The fourth-order valence-electron chi connectivity index (χ4n) is 13.0. The zero-order chi connectivity index (χ0) is 72.6. The van der Waals surface area contributed by atoms with Crippen molar-refractivity contribution in [2.45, 2.75) is 166 Å². The molecule has 1 aromatic heterocycles. The molecule has 1 unspecified atom stereocenters. The smallest absolute Gasteiger partial charge is 0.330 e. The van der Waals surface area contributed by atoms with Crippen molar-refractivity contribution in [2.24, 2.45) is 28.8 Å². The van der Waals surface area contributed by atoms with E-state index in [9.17, 15) is 24.4 Å². The summed E-state index contributed by atoms with van der Waals surface area (Å²) in [6, 6.07) is 48.0. The molecule has 1 heterocycles. The van der Waals surface area contributed by atoms with Gasteiger partial charge in [-0.3, -0.25) is 14.8 Å². The number of carbonyl (C=O) groups is 4. The van der Waals surface area contributed by atoms with Crippen LogP contribution in [0.1, 0.15) is 188 Å². The second-order valence-electron chi connectivity index (χ2n) is 26.8. The van der Waals surface area contributed by atoms with E-state index in [4.69, 9.17) is 62.9 Å². The van der Waals surface area contributed by atoms with Gasteiger partial charge >= 0.3 is 23.9 Å². The minimum atomic E-state index is -0.628. The van der Waals surface area contributed by atoms with Crippen molar-refractivity contribution in [1.82, 2.24) is 4.98 Å². The molecule has 6 aromatic carbocycles. The molecule has 0 saturated heterocycles. The summed E-state index contributed by atoms with van der Waals surface area (Å²) in [5.41, 5.74) is 4.16. The van der Waals surface area contributed by atoms with Gasteiger partial charge < -0.3 is 38.2 Å². The topological polar surface area (TPSA) is 219 Å². The Morgan fingerprint density at radius 2 is 1.01 bits per heavy atom. The minimum absolute atomic E-state index is 0.0106. The Morgan fingerprint density at radius 3 is 1.57 bits per heavy atom. The van der Waals surface area contributed by atoms with Crippen LogP contribution >= 0.6 is 11.3 Å². The first-order chi connectivity index (χ1) is 51.1. The maximum atomic E-state index is 13.4. The number of ether oxygens (including phenoxy) is 6. The van der Waals surface area contributed by atoms with E-state index < -0.39 is 24.0 Å². The standard InChI is InChI=1S/C84H103N3O16S/c1-3-78(88)95-56-26-13-11-24-54-93-71-44-48-73(49-45-71)100-82(90)68-41-37-64(38-42-68)62-99-103-76-52-43-69(81(101-92)67-39-35-63(36-40-67)61-98-102-74-50-46-72(47-51-74)94-55-25-12-14-27-57-96-79(89)4-2)59-70(76)60-85-87(84-86-75-33-21-22-34-77(75)104-84)53-23-9-7-5-6-8-10-28-58-97-83(91)80(65-29-17-15-18-30-65)66-31-19-16-20-32-66/h3-4,15-22,29-34,43-52,59-60,63-64,67-68,80-81,92H,1-2,5-14,23-28,35-42,53-58,61-62H2/b85-60+. The van der Waals surface area contributed by atoms with E-state index >= 15 is 0 Å². The first-order valence-corrected chi connectivity index (χ1v) is 38.2. The fraction of sp³-hybridized carbons (Fsp3) is 0.452. The van der Waals surface area contributed by atoms with Gasteiger partial charge in [0.25, 0.3) is 0 Å². The normalized spacial score (nSPS) is 16.1. The Hall–Kier alpha value is -8.92. The monoisotopic (exact) mass is 1440 g/mol. The van der Waals surface area contributed by atoms with Gasteiger partial charge in [0.05, 0.1) is 68.6 Å². The van der Waals surface area contributed by atoms with Gasteiger partial charge in [0.15, 0.2) is 11.5 Å². The number of unbranched alkanes of at least 4 members (excludes halogenated alkanes) is 13. The Balaban J connectivity index is 0.761. The molecular formula is C84H103N3O16S. The van der Waals surface area contributed by atoms with Crippen LogP contribution in [0.4, 0.5) is 5.13 Å². The highest BCUT2D eigenvalue weighted by Crippen LogP contribution is 2.41. The maximum Gasteiger partial charge on any atom is 0.330 e. The summed E-state index contributed by atoms with van der Waals surface area (Å²) >= 11 is 1.59. The van der Waals surface area contributed by atoms with Gasteiger partial charge in [-0.2, -0.15) is 14.9 Å². The second kappa shape index (κ2) is 45.3. The van der Waals surface area contributed by atoms with E-state index in [1.165, 1.54) is 12.2 Å². The number of benzene rings is 6. The van der Waals surface area contributed by atoms with E-state index in [-0.39, 0.29) is 35.6 Å². The van der Waals surface area contributed by atoms with Crippen molar-refractivity contribution in [3.63, 3.8) is 0 Å². The number of rotatable bonds is 48. The van der Waals surface area contributed by atoms with Gasteiger partial charge in [0.1, 0.15) is 29.3 Å². The number of para-hydroxylation sites is 1. The molecule has 1 atom stereocenters. The highest BCUT2D eigenvalue weighted by molar-refractivity contribution is 7.22. The molecule has 2 saturated carbocycles. The molecule has 20 heteroatoms. The summed E-state index contributed by atoms with van der Waals surface area (Å²) in [7, 11) is 0. The Labute approximate surface area is 616 Å². The number of nitrogens with zero attached hydrogens (tertiary/aromatic N) is 3. The van der Waals surface area contributed by atoms with E-state index in [0.717, 1.165) is 179 Å². The summed E-state index contributed by atoms with van der Waals surface area (Å²) in [5, 5.41) is 18.6. The number of carbonyl (C=O) groups excluding carboxylic acids is 4. The Bertz CT molecular complexity index is 3620. The Kier molecular flexibility index (Phi) is 34.5. The molecule has 7 aromatic rings. The zero-order valence-corrected chi connectivity index (χ0v) is 60.8. The van der Waals surface area contributed by atoms with Gasteiger partial charge in [-0.05, 0) is 223 Å². The lowest BCUT2D eigenvalue weighted by atomic mass is 9.78. The Morgan fingerprint density at radius 1 is 0.519 bits per heavy atom. The number of fused-ring (bicyclic) bond motifs is 1. The highest BCUT2D eigenvalue weighted by atomic mass is 32.1. The van der Waals surface area contributed by atoms with Crippen LogP contribution in [-0.2, 0) is 48.1 Å². The molecule has 0 amide bonds. The molecule has 104 heavy (non-hydrogen) atoms. The number of hydrogen-bond donors (Lipinski definition) is 1. The van der Waals surface area contributed by atoms with Crippen molar-refractivity contribution in [3.8, 4) is 28.7 Å². The molecule has 0 bridgehead atoms. The first-order valence-electron chi connectivity index (χ1n) is 37.4. The number of hydrogen-bond acceptors (Lipinski definition) is 20. The average molecular weight is 1440 g/mol. The third-order valence-electron chi connectivity index (χ3n) is 19.0. The number of aromatic nitrogens is 1.